The summed E-state index contributed by atoms with van der Waals surface area (Å²) in [4.78, 5) is 9.38. The average molecular weight is 108 g/mol. The van der Waals surface area contributed by atoms with Gasteiger partial charge in [-0.25, -0.2) is 4.39 Å². The van der Waals surface area contributed by atoms with E-state index in [4.69, 9.17) is 0 Å². The summed E-state index contributed by atoms with van der Waals surface area (Å²) in [7, 11) is 0. The molecule has 0 saturated heterocycles. The van der Waals surface area contributed by atoms with Crippen molar-refractivity contribution in [3.63, 3.8) is 0 Å². The maximum Gasteiger partial charge on any atom is 0.135 e. The highest BCUT2D eigenvalue weighted by molar-refractivity contribution is 7.99. The molecule has 0 aliphatic rings. The van der Waals surface area contributed by atoms with Gasteiger partial charge in [-0.1, -0.05) is 0 Å². The van der Waals surface area contributed by atoms with E-state index < -0.39 is 6.01 Å². The van der Waals surface area contributed by atoms with Gasteiger partial charge in [0.15, 0.2) is 0 Å². The van der Waals surface area contributed by atoms with Gasteiger partial charge in [0.2, 0.25) is 0 Å². The van der Waals surface area contributed by atoms with Gasteiger partial charge in [0.25, 0.3) is 0 Å². The fourth-order valence-corrected chi connectivity index (χ4v) is 0.278. The van der Waals surface area contributed by atoms with Crippen molar-refractivity contribution in [2.45, 2.75) is 0 Å². The van der Waals surface area contributed by atoms with Crippen molar-refractivity contribution in [3.8, 4) is 0 Å². The van der Waals surface area contributed by atoms with Gasteiger partial charge < -0.3 is 4.79 Å². The van der Waals surface area contributed by atoms with E-state index in [0.29, 0.717) is 6.29 Å². The van der Waals surface area contributed by atoms with E-state index in [-0.39, 0.29) is 5.75 Å². The summed E-state index contributed by atoms with van der Waals surface area (Å²) in [5, 5.41) is 0. The van der Waals surface area contributed by atoms with Crippen LogP contribution >= 0.6 is 11.8 Å². The number of aldehydes is 1. The second-order valence-electron chi connectivity index (χ2n) is 0.647. The van der Waals surface area contributed by atoms with Gasteiger partial charge in [0.05, 0.1) is 5.75 Å². The van der Waals surface area contributed by atoms with E-state index in [1.54, 1.807) is 0 Å². The summed E-state index contributed by atoms with van der Waals surface area (Å²) in [6, 6.07) is -0.460. The maximum absolute atomic E-state index is 11.0. The molecule has 0 radical (unpaired) electrons. The van der Waals surface area contributed by atoms with Gasteiger partial charge in [-0.05, 0) is 0 Å². The summed E-state index contributed by atoms with van der Waals surface area (Å²) < 4.78 is 11.0. The number of hydrogen-bond acceptors (Lipinski definition) is 2. The summed E-state index contributed by atoms with van der Waals surface area (Å²) in [6.07, 6.45) is 0.685. The predicted octanol–water partition coefficient (Wildman–Crippen LogP) is 0.846. The Morgan fingerprint density at radius 1 is 1.83 bits per heavy atom. The number of hydrogen-bond donors (Lipinski definition) is 0. The van der Waals surface area contributed by atoms with Crippen molar-refractivity contribution in [2.75, 3.05) is 11.8 Å². The van der Waals surface area contributed by atoms with E-state index in [1.807, 2.05) is 0 Å². The number of alkyl halides is 1. The Labute approximate surface area is 39.9 Å². The SMILES string of the molecule is O=CCSCF. The number of thioether (sulfide) groups is 1. The molecule has 6 heavy (non-hydrogen) atoms. The topological polar surface area (TPSA) is 17.1 Å². The highest BCUT2D eigenvalue weighted by Gasteiger charge is 1.77. The Balaban J connectivity index is 2.49. The summed E-state index contributed by atoms with van der Waals surface area (Å²) >= 11 is 0.973. The van der Waals surface area contributed by atoms with Crippen molar-refractivity contribution in [2.24, 2.45) is 0 Å². The summed E-state index contributed by atoms with van der Waals surface area (Å²) in [5.41, 5.74) is 0. The van der Waals surface area contributed by atoms with E-state index in [0.717, 1.165) is 11.8 Å². The Morgan fingerprint density at radius 2 is 2.50 bits per heavy atom. The molecular formula is C3H5FOS. The summed E-state index contributed by atoms with van der Waals surface area (Å²) in [6.45, 7) is 0. The minimum absolute atomic E-state index is 0.274. The van der Waals surface area contributed by atoms with Gasteiger partial charge >= 0.3 is 0 Å². The second-order valence-corrected chi connectivity index (χ2v) is 1.61. The third kappa shape index (κ3) is 3.95. The molecule has 1 nitrogen and oxygen atoms in total. The molecule has 0 aliphatic heterocycles. The first kappa shape index (κ1) is 5.95. The van der Waals surface area contributed by atoms with Crippen LogP contribution in [0.4, 0.5) is 4.39 Å². The van der Waals surface area contributed by atoms with Gasteiger partial charge in [0, 0.05) is 0 Å². The number of carbonyl (C=O) groups is 1. The second kappa shape index (κ2) is 4.95. The number of carbonyl (C=O) groups excluding carboxylic acids is 1. The molecular weight excluding hydrogens is 103 g/mol. The first-order valence-corrected chi connectivity index (χ1v) is 2.64. The molecule has 0 unspecified atom stereocenters. The average Bonchev–Trinajstić information content (AvgIpc) is 1.61. The van der Waals surface area contributed by atoms with Crippen LogP contribution < -0.4 is 0 Å². The third-order valence-electron chi connectivity index (χ3n) is 0.263. The van der Waals surface area contributed by atoms with Crippen molar-refractivity contribution in [1.29, 1.82) is 0 Å². The van der Waals surface area contributed by atoms with Crippen molar-refractivity contribution in [1.82, 2.24) is 0 Å². The molecule has 36 valence electrons. The first-order chi connectivity index (χ1) is 2.91. The monoisotopic (exact) mass is 108 g/mol. The first-order valence-electron chi connectivity index (χ1n) is 1.49. The highest BCUT2D eigenvalue weighted by Crippen LogP contribution is 1.94. The normalized spacial score (nSPS) is 8.17. The quantitative estimate of drug-likeness (QED) is 0.393. The van der Waals surface area contributed by atoms with Crippen LogP contribution in [-0.4, -0.2) is 18.0 Å². The Kier molecular flexibility index (Phi) is 4.91. The fourth-order valence-electron chi connectivity index (χ4n) is 0.0927. The van der Waals surface area contributed by atoms with E-state index in [1.165, 1.54) is 0 Å². The highest BCUT2D eigenvalue weighted by atomic mass is 32.2. The molecule has 0 heterocycles. The standard InChI is InChI=1S/C3H5FOS/c4-3-6-2-1-5/h1H,2-3H2. The van der Waals surface area contributed by atoms with Crippen molar-refractivity contribution >= 4 is 18.0 Å². The lowest BCUT2D eigenvalue weighted by Crippen LogP contribution is -1.75. The van der Waals surface area contributed by atoms with E-state index in [9.17, 15) is 9.18 Å². The van der Waals surface area contributed by atoms with Gasteiger partial charge in [-0.2, -0.15) is 0 Å². The Morgan fingerprint density at radius 3 is 2.67 bits per heavy atom. The molecule has 0 fully saturated rings. The zero-order valence-electron chi connectivity index (χ0n) is 3.19. The third-order valence-corrected chi connectivity index (χ3v) is 0.789. The van der Waals surface area contributed by atoms with Crippen LogP contribution in [0, 0.1) is 0 Å². The molecule has 3 heteroatoms. The zero-order chi connectivity index (χ0) is 4.83. The van der Waals surface area contributed by atoms with Crippen LogP contribution in [0.3, 0.4) is 0 Å². The van der Waals surface area contributed by atoms with Crippen LogP contribution in [-0.2, 0) is 4.79 Å². The summed E-state index contributed by atoms with van der Waals surface area (Å²) in [5.74, 6) is 0.274. The minimum atomic E-state index is -0.460. The van der Waals surface area contributed by atoms with Gasteiger partial charge in [-0.15, -0.1) is 11.8 Å². The molecule has 0 atom stereocenters. The minimum Gasteiger partial charge on any atom is -0.302 e. The molecule has 0 saturated carbocycles. The zero-order valence-corrected chi connectivity index (χ0v) is 4.00. The number of halogens is 1. The smallest absolute Gasteiger partial charge is 0.135 e. The molecule has 0 rings (SSSR count). The fraction of sp³-hybridized carbons (Fsp3) is 0.667. The Hall–Kier alpha value is -0.0500. The van der Waals surface area contributed by atoms with Crippen LogP contribution in [0.1, 0.15) is 0 Å². The largest absolute Gasteiger partial charge is 0.302 e. The molecule has 0 aromatic carbocycles. The predicted molar refractivity (Wildman–Crippen MR) is 24.5 cm³/mol. The molecule has 0 aromatic heterocycles. The molecule has 0 amide bonds. The van der Waals surface area contributed by atoms with Crippen LogP contribution in [0.25, 0.3) is 0 Å². The number of rotatable bonds is 3. The van der Waals surface area contributed by atoms with Crippen molar-refractivity contribution in [3.05, 3.63) is 0 Å². The van der Waals surface area contributed by atoms with E-state index >= 15 is 0 Å². The molecule has 0 aliphatic carbocycles. The lowest BCUT2D eigenvalue weighted by atomic mass is 10.9. The molecule has 0 bridgehead atoms. The van der Waals surface area contributed by atoms with Crippen molar-refractivity contribution < 1.29 is 9.18 Å². The van der Waals surface area contributed by atoms with Crippen LogP contribution in [0.5, 0.6) is 0 Å². The molecule has 0 N–H and O–H groups in total. The van der Waals surface area contributed by atoms with E-state index in [2.05, 4.69) is 0 Å². The molecule has 0 aromatic rings. The van der Waals surface area contributed by atoms with Crippen LogP contribution in [0.15, 0.2) is 0 Å². The van der Waals surface area contributed by atoms with Gasteiger partial charge in [0.1, 0.15) is 12.3 Å². The maximum atomic E-state index is 11.0. The van der Waals surface area contributed by atoms with Crippen LogP contribution in [0.2, 0.25) is 0 Å². The lowest BCUT2D eigenvalue weighted by molar-refractivity contribution is -0.105. The molecule has 0 spiro atoms. The lowest BCUT2D eigenvalue weighted by Gasteiger charge is -1.77. The Bertz CT molecular complexity index is 39.8. The van der Waals surface area contributed by atoms with Gasteiger partial charge in [-0.3, -0.25) is 0 Å².